The van der Waals surface area contributed by atoms with Crippen molar-refractivity contribution >= 4 is 30.9 Å². The molecule has 0 bridgehead atoms. The van der Waals surface area contributed by atoms with E-state index in [2.05, 4.69) is 56.4 Å². The third-order valence-electron chi connectivity index (χ3n) is 3.91. The summed E-state index contributed by atoms with van der Waals surface area (Å²) in [5.74, 6) is 0.863. The maximum absolute atomic E-state index is 6.28. The zero-order valence-electron chi connectivity index (χ0n) is 11.0. The fourth-order valence-electron chi connectivity index (χ4n) is 2.72. The summed E-state index contributed by atoms with van der Waals surface area (Å²) in [5, 5.41) is 0. The lowest BCUT2D eigenvalue weighted by atomic mass is 10.1. The van der Waals surface area contributed by atoms with Crippen molar-refractivity contribution < 1.29 is 4.43 Å². The van der Waals surface area contributed by atoms with E-state index in [1.807, 2.05) is 6.26 Å². The van der Waals surface area contributed by atoms with Gasteiger partial charge in [0.1, 0.15) is 0 Å². The Labute approximate surface area is 115 Å². The number of alkyl halides is 1. The first-order chi connectivity index (χ1) is 7.53. The van der Waals surface area contributed by atoms with E-state index < -0.39 is 8.32 Å². The molecule has 1 rings (SSSR count). The van der Waals surface area contributed by atoms with Gasteiger partial charge in [-0.25, -0.2) is 0 Å². The van der Waals surface area contributed by atoms with Crippen molar-refractivity contribution in [3.63, 3.8) is 0 Å². The van der Waals surface area contributed by atoms with E-state index >= 15 is 0 Å². The smallest absolute Gasteiger partial charge is 0.255 e. The maximum Gasteiger partial charge on any atom is 0.255 e. The van der Waals surface area contributed by atoms with Crippen LogP contribution in [0.25, 0.3) is 0 Å². The van der Waals surface area contributed by atoms with Crippen molar-refractivity contribution in [1.29, 1.82) is 0 Å². The quantitative estimate of drug-likeness (QED) is 0.389. The second kappa shape index (κ2) is 6.43. The van der Waals surface area contributed by atoms with Crippen LogP contribution < -0.4 is 0 Å². The fraction of sp³-hybridized carbons (Fsp3) is 0.846. The maximum atomic E-state index is 6.28. The summed E-state index contributed by atoms with van der Waals surface area (Å²) in [7, 11) is -1.60. The van der Waals surface area contributed by atoms with Crippen LogP contribution in [-0.2, 0) is 4.43 Å². The normalized spacial score (nSPS) is 27.3. The molecule has 0 aliphatic carbocycles. The molecular weight excluding hydrogens is 327 g/mol. The van der Waals surface area contributed by atoms with Gasteiger partial charge in [0, 0.05) is 4.43 Å². The van der Waals surface area contributed by atoms with Gasteiger partial charge >= 0.3 is 0 Å². The molecule has 1 atom stereocenters. The Morgan fingerprint density at radius 2 is 1.94 bits per heavy atom. The van der Waals surface area contributed by atoms with Crippen molar-refractivity contribution in [2.75, 3.05) is 4.43 Å². The number of hydrogen-bond donors (Lipinski definition) is 0. The molecule has 1 aliphatic heterocycles. The van der Waals surface area contributed by atoms with Crippen LogP contribution in [-0.4, -0.2) is 12.7 Å². The molecule has 1 aliphatic rings. The third kappa shape index (κ3) is 3.25. The molecule has 0 saturated heterocycles. The average Bonchev–Trinajstić information content (AvgIpc) is 2.17. The van der Waals surface area contributed by atoms with Crippen LogP contribution in [0.3, 0.4) is 0 Å². The van der Waals surface area contributed by atoms with E-state index in [0.717, 1.165) is 5.92 Å². The third-order valence-corrected chi connectivity index (χ3v) is 10.9. The molecule has 0 aromatic rings. The lowest BCUT2D eigenvalue weighted by Crippen LogP contribution is -2.45. The SMILES string of the molecule is CC(C)[Si]1(C(C)C)CC(CI)CC/C=C\O1. The Bertz CT molecular complexity index is 230. The molecule has 0 saturated carbocycles. The largest absolute Gasteiger partial charge is 0.549 e. The Morgan fingerprint density at radius 3 is 2.44 bits per heavy atom. The number of rotatable bonds is 3. The predicted octanol–water partition coefficient (Wildman–Crippen LogP) is 5.13. The highest BCUT2D eigenvalue weighted by Crippen LogP contribution is 2.41. The van der Waals surface area contributed by atoms with Gasteiger partial charge < -0.3 is 4.43 Å². The number of allylic oxidation sites excluding steroid dienone is 1. The van der Waals surface area contributed by atoms with Gasteiger partial charge in [0.25, 0.3) is 8.32 Å². The molecule has 16 heavy (non-hydrogen) atoms. The molecule has 3 heteroatoms. The van der Waals surface area contributed by atoms with Gasteiger partial charge in [-0.3, -0.25) is 0 Å². The van der Waals surface area contributed by atoms with Crippen LogP contribution in [0.2, 0.25) is 17.1 Å². The van der Waals surface area contributed by atoms with Crippen molar-refractivity contribution in [3.8, 4) is 0 Å². The van der Waals surface area contributed by atoms with Gasteiger partial charge in [0.05, 0.1) is 6.26 Å². The monoisotopic (exact) mass is 352 g/mol. The summed E-state index contributed by atoms with van der Waals surface area (Å²) in [5.41, 5.74) is 1.42. The molecule has 0 spiro atoms. The fourth-order valence-corrected chi connectivity index (χ4v) is 8.57. The van der Waals surface area contributed by atoms with Gasteiger partial charge in [0.2, 0.25) is 0 Å². The van der Waals surface area contributed by atoms with Crippen LogP contribution >= 0.6 is 22.6 Å². The van der Waals surface area contributed by atoms with Crippen LogP contribution in [0.15, 0.2) is 12.3 Å². The van der Waals surface area contributed by atoms with Gasteiger partial charge in [-0.1, -0.05) is 56.4 Å². The second-order valence-corrected chi connectivity index (χ2v) is 11.3. The average molecular weight is 352 g/mol. The second-order valence-electron chi connectivity index (χ2n) is 5.56. The zero-order valence-corrected chi connectivity index (χ0v) is 14.2. The highest BCUT2D eigenvalue weighted by molar-refractivity contribution is 14.1. The minimum atomic E-state index is -1.60. The van der Waals surface area contributed by atoms with Gasteiger partial charge in [-0.15, -0.1) is 0 Å². The lowest BCUT2D eigenvalue weighted by molar-refractivity contribution is 0.399. The molecule has 1 nitrogen and oxygen atoms in total. The Hall–Kier alpha value is 0.487. The van der Waals surface area contributed by atoms with E-state index in [0.29, 0.717) is 11.1 Å². The molecule has 0 N–H and O–H groups in total. The molecule has 0 aromatic heterocycles. The lowest BCUT2D eigenvalue weighted by Gasteiger charge is -2.40. The van der Waals surface area contributed by atoms with E-state index in [4.69, 9.17) is 4.43 Å². The molecular formula is C13H25IOSi. The molecule has 0 amide bonds. The van der Waals surface area contributed by atoms with E-state index in [1.165, 1.54) is 23.3 Å². The Kier molecular flexibility index (Phi) is 5.84. The van der Waals surface area contributed by atoms with E-state index in [1.54, 1.807) is 0 Å². The minimum absolute atomic E-state index is 0.709. The number of halogens is 1. The first-order valence-corrected chi connectivity index (χ1v) is 10.2. The molecule has 1 unspecified atom stereocenters. The van der Waals surface area contributed by atoms with Gasteiger partial charge in [-0.2, -0.15) is 0 Å². The molecule has 94 valence electrons. The van der Waals surface area contributed by atoms with Crippen LogP contribution in [0, 0.1) is 5.92 Å². The van der Waals surface area contributed by atoms with E-state index in [-0.39, 0.29) is 0 Å². The Morgan fingerprint density at radius 1 is 1.31 bits per heavy atom. The number of hydrogen-bond acceptors (Lipinski definition) is 1. The highest BCUT2D eigenvalue weighted by atomic mass is 127. The van der Waals surface area contributed by atoms with E-state index in [9.17, 15) is 0 Å². The van der Waals surface area contributed by atoms with Gasteiger partial charge in [0.15, 0.2) is 0 Å². The van der Waals surface area contributed by atoms with Crippen molar-refractivity contribution in [3.05, 3.63) is 12.3 Å². The minimum Gasteiger partial charge on any atom is -0.549 e. The van der Waals surface area contributed by atoms with Crippen LogP contribution in [0.1, 0.15) is 40.5 Å². The Balaban J connectivity index is 2.93. The molecule has 1 heterocycles. The molecule has 0 fully saturated rings. The summed E-state index contributed by atoms with van der Waals surface area (Å²) < 4.78 is 7.56. The standard InChI is InChI=1S/C13H25IOSi/c1-11(2)16(12(3)4)10-13(9-14)7-5-6-8-15-16/h6,8,11-13H,5,7,9-10H2,1-4H3/b8-6-. The topological polar surface area (TPSA) is 9.23 Å². The van der Waals surface area contributed by atoms with Crippen molar-refractivity contribution in [2.24, 2.45) is 5.92 Å². The predicted molar refractivity (Wildman–Crippen MR) is 82.6 cm³/mol. The first kappa shape index (κ1) is 14.5. The molecule has 0 radical (unpaired) electrons. The zero-order chi connectivity index (χ0) is 12.2. The van der Waals surface area contributed by atoms with Crippen molar-refractivity contribution in [1.82, 2.24) is 0 Å². The summed E-state index contributed by atoms with van der Waals surface area (Å²) in [6.45, 7) is 9.41. The van der Waals surface area contributed by atoms with Crippen molar-refractivity contribution in [2.45, 2.75) is 57.7 Å². The summed E-state index contributed by atoms with van der Waals surface area (Å²) >= 11 is 2.54. The molecule has 0 aromatic carbocycles. The van der Waals surface area contributed by atoms with Crippen LogP contribution in [0.5, 0.6) is 0 Å². The van der Waals surface area contributed by atoms with Gasteiger partial charge in [-0.05, 0) is 35.9 Å². The highest BCUT2D eigenvalue weighted by Gasteiger charge is 2.44. The summed E-state index contributed by atoms with van der Waals surface area (Å²) in [6, 6.07) is 1.34. The van der Waals surface area contributed by atoms with Crippen LogP contribution in [0.4, 0.5) is 0 Å². The first-order valence-electron chi connectivity index (χ1n) is 6.41. The summed E-state index contributed by atoms with van der Waals surface area (Å²) in [6.07, 6.45) is 6.77. The summed E-state index contributed by atoms with van der Waals surface area (Å²) in [4.78, 5) is 0.